The molecule has 1 nitrogen and oxygen atoms in total. The maximum Gasteiger partial charge on any atom is 0.135 e. The summed E-state index contributed by atoms with van der Waals surface area (Å²) in [6.45, 7) is 0. The van der Waals surface area contributed by atoms with Crippen molar-refractivity contribution in [1.82, 2.24) is 0 Å². The van der Waals surface area contributed by atoms with Gasteiger partial charge >= 0.3 is 0 Å². The Morgan fingerprint density at radius 3 is 1.65 bits per heavy atom. The lowest BCUT2D eigenvalue weighted by Crippen LogP contribution is -1.91. The predicted molar refractivity (Wildman–Crippen MR) is 198 cm³/mol. The monoisotopic (exact) mass is 602 g/mol. The molecule has 0 saturated heterocycles. The number of fused-ring (bicyclic) bond motifs is 8. The minimum atomic E-state index is 0.926. The largest absolute Gasteiger partial charge is 0.464 e. The molecule has 0 aliphatic heterocycles. The summed E-state index contributed by atoms with van der Waals surface area (Å²) in [6, 6.07) is 55.1. The van der Waals surface area contributed by atoms with Crippen LogP contribution in [0, 0.1) is 0 Å². The zero-order chi connectivity index (χ0) is 30.2. The summed E-state index contributed by atoms with van der Waals surface area (Å²) in [7, 11) is 0. The third kappa shape index (κ3) is 3.62. The molecule has 0 atom stereocenters. The second-order valence-electron chi connectivity index (χ2n) is 12.0. The summed E-state index contributed by atoms with van der Waals surface area (Å²) in [6.07, 6.45) is 1.91. The summed E-state index contributed by atoms with van der Waals surface area (Å²) in [5, 5.41) is 11.4. The lowest BCUT2D eigenvalue weighted by molar-refractivity contribution is 0.617. The molecule has 2 heteroatoms. The lowest BCUT2D eigenvalue weighted by Gasteiger charge is -2.19. The van der Waals surface area contributed by atoms with Gasteiger partial charge < -0.3 is 4.42 Å². The van der Waals surface area contributed by atoms with Gasteiger partial charge in [-0.25, -0.2) is 0 Å². The number of rotatable bonds is 3. The van der Waals surface area contributed by atoms with Gasteiger partial charge in [-0.15, -0.1) is 11.3 Å². The lowest BCUT2D eigenvalue weighted by atomic mass is 9.84. The fourth-order valence-corrected chi connectivity index (χ4v) is 8.93. The Hall–Kier alpha value is -5.70. The zero-order valence-corrected chi connectivity index (χ0v) is 25.6. The number of furan rings is 1. The number of hydrogen-bond donors (Lipinski definition) is 0. The van der Waals surface area contributed by atoms with E-state index in [2.05, 4.69) is 152 Å². The molecule has 46 heavy (non-hydrogen) atoms. The fourth-order valence-electron chi connectivity index (χ4n) is 7.56. The molecule has 2 aromatic heterocycles. The van der Waals surface area contributed by atoms with Crippen LogP contribution in [0.3, 0.4) is 0 Å². The van der Waals surface area contributed by atoms with Crippen LogP contribution < -0.4 is 0 Å². The number of benzene rings is 8. The quantitative estimate of drug-likeness (QED) is 0.183. The molecule has 214 valence electrons. The van der Waals surface area contributed by atoms with Crippen molar-refractivity contribution in [3.63, 3.8) is 0 Å². The van der Waals surface area contributed by atoms with Gasteiger partial charge in [-0.3, -0.25) is 0 Å². The Kier molecular flexibility index (Phi) is 5.51. The topological polar surface area (TPSA) is 13.1 Å². The van der Waals surface area contributed by atoms with Crippen LogP contribution in [0.5, 0.6) is 0 Å². The highest BCUT2D eigenvalue weighted by molar-refractivity contribution is 7.27. The van der Waals surface area contributed by atoms with E-state index in [-0.39, 0.29) is 0 Å². The van der Waals surface area contributed by atoms with Gasteiger partial charge in [-0.1, -0.05) is 140 Å². The van der Waals surface area contributed by atoms with Crippen LogP contribution in [0.4, 0.5) is 0 Å². The molecule has 10 rings (SSSR count). The molecule has 0 bridgehead atoms. The molecule has 2 heterocycles. The molecule has 0 radical (unpaired) electrons. The van der Waals surface area contributed by atoms with Gasteiger partial charge in [0, 0.05) is 36.7 Å². The summed E-state index contributed by atoms with van der Waals surface area (Å²) in [4.78, 5) is 0. The average Bonchev–Trinajstić information content (AvgIpc) is 3.73. The molecule has 10 aromatic rings. The van der Waals surface area contributed by atoms with Crippen molar-refractivity contribution in [3.8, 4) is 33.4 Å². The zero-order valence-electron chi connectivity index (χ0n) is 24.8. The van der Waals surface area contributed by atoms with Crippen LogP contribution >= 0.6 is 11.3 Å². The standard InChI is InChI=1S/C44H26OS/c1-2-12-28(13-3-1)38-26-45-39-25-24-36-35-22-11-23-37(43(35)46-44(36)42(38)39)41-33-19-8-6-17-31(33)40(32-18-7-9-20-34(32)41)30-21-10-15-27-14-4-5-16-29(27)30/h1-26H. The molecule has 0 aliphatic carbocycles. The molecule has 0 unspecified atom stereocenters. The molecule has 0 N–H and O–H groups in total. The van der Waals surface area contributed by atoms with Crippen molar-refractivity contribution in [3.05, 3.63) is 158 Å². The number of thiophene rings is 1. The van der Waals surface area contributed by atoms with Crippen LogP contribution in [0.25, 0.3) is 96.8 Å². The first kappa shape index (κ1) is 25.6. The Bertz CT molecular complexity index is 2740. The van der Waals surface area contributed by atoms with E-state index in [1.165, 1.54) is 85.7 Å². The van der Waals surface area contributed by atoms with Crippen molar-refractivity contribution in [2.75, 3.05) is 0 Å². The van der Waals surface area contributed by atoms with Crippen LogP contribution in [0.15, 0.2) is 162 Å². The summed E-state index contributed by atoms with van der Waals surface area (Å²) in [5.74, 6) is 0. The highest BCUT2D eigenvalue weighted by Crippen LogP contribution is 2.50. The van der Waals surface area contributed by atoms with Crippen LogP contribution in [0.1, 0.15) is 0 Å². The Morgan fingerprint density at radius 2 is 0.913 bits per heavy atom. The molecular weight excluding hydrogens is 577 g/mol. The summed E-state index contributed by atoms with van der Waals surface area (Å²) < 4.78 is 8.71. The van der Waals surface area contributed by atoms with E-state index in [1.807, 2.05) is 17.6 Å². The van der Waals surface area contributed by atoms with E-state index in [1.54, 1.807) is 0 Å². The number of hydrogen-bond acceptors (Lipinski definition) is 2. The SMILES string of the molecule is c1ccc(-c2coc3ccc4c5cccc(-c6c7ccccc7c(-c7cccc8ccccc78)c7ccccc67)c5sc4c23)cc1. The highest BCUT2D eigenvalue weighted by atomic mass is 32.1. The summed E-state index contributed by atoms with van der Waals surface area (Å²) in [5.41, 5.74) is 8.37. The van der Waals surface area contributed by atoms with E-state index in [0.717, 1.165) is 11.1 Å². The van der Waals surface area contributed by atoms with Crippen molar-refractivity contribution in [1.29, 1.82) is 0 Å². The van der Waals surface area contributed by atoms with E-state index in [0.29, 0.717) is 0 Å². The Morgan fingerprint density at radius 1 is 0.370 bits per heavy atom. The van der Waals surface area contributed by atoms with Gasteiger partial charge in [0.2, 0.25) is 0 Å². The van der Waals surface area contributed by atoms with Gasteiger partial charge in [0.1, 0.15) is 5.58 Å². The van der Waals surface area contributed by atoms with Crippen LogP contribution in [-0.2, 0) is 0 Å². The van der Waals surface area contributed by atoms with E-state index < -0.39 is 0 Å². The summed E-state index contributed by atoms with van der Waals surface area (Å²) >= 11 is 1.89. The van der Waals surface area contributed by atoms with Crippen molar-refractivity contribution in [2.45, 2.75) is 0 Å². The van der Waals surface area contributed by atoms with Gasteiger partial charge in [-0.2, -0.15) is 0 Å². The smallest absolute Gasteiger partial charge is 0.135 e. The van der Waals surface area contributed by atoms with Crippen LogP contribution in [0.2, 0.25) is 0 Å². The molecular formula is C44H26OS. The minimum absolute atomic E-state index is 0.926. The molecule has 0 amide bonds. The fraction of sp³-hybridized carbons (Fsp3) is 0. The molecule has 0 fully saturated rings. The van der Waals surface area contributed by atoms with Gasteiger partial charge in [0.25, 0.3) is 0 Å². The normalized spacial score (nSPS) is 11.9. The molecule has 0 saturated carbocycles. The highest BCUT2D eigenvalue weighted by Gasteiger charge is 2.21. The second kappa shape index (κ2) is 9.90. The predicted octanol–water partition coefficient (Wildman–Crippen LogP) is 13.3. The first-order valence-electron chi connectivity index (χ1n) is 15.7. The second-order valence-corrected chi connectivity index (χ2v) is 13.0. The minimum Gasteiger partial charge on any atom is -0.464 e. The first-order valence-corrected chi connectivity index (χ1v) is 16.5. The van der Waals surface area contributed by atoms with Crippen molar-refractivity contribution < 1.29 is 4.42 Å². The van der Waals surface area contributed by atoms with Crippen molar-refractivity contribution >= 4 is 74.8 Å². The van der Waals surface area contributed by atoms with Crippen molar-refractivity contribution in [2.24, 2.45) is 0 Å². The molecule has 8 aromatic carbocycles. The first-order chi connectivity index (χ1) is 22.8. The Balaban J connectivity index is 1.33. The third-order valence-corrected chi connectivity index (χ3v) is 10.8. The van der Waals surface area contributed by atoms with Gasteiger partial charge in [-0.05, 0) is 66.7 Å². The average molecular weight is 603 g/mol. The third-order valence-electron chi connectivity index (χ3n) is 9.55. The van der Waals surface area contributed by atoms with Gasteiger partial charge in [0.15, 0.2) is 0 Å². The van der Waals surface area contributed by atoms with Crippen LogP contribution in [-0.4, -0.2) is 0 Å². The van der Waals surface area contributed by atoms with E-state index in [9.17, 15) is 0 Å². The maximum atomic E-state index is 6.13. The van der Waals surface area contributed by atoms with Gasteiger partial charge in [0.05, 0.1) is 6.26 Å². The molecule has 0 spiro atoms. The molecule has 0 aliphatic rings. The van der Waals surface area contributed by atoms with E-state index >= 15 is 0 Å². The maximum absolute atomic E-state index is 6.13. The van der Waals surface area contributed by atoms with E-state index in [4.69, 9.17) is 4.42 Å². The Labute approximate surface area is 269 Å².